The monoisotopic (exact) mass is 349 g/mol. The highest BCUT2D eigenvalue weighted by atomic mass is 16.5. The fourth-order valence-corrected chi connectivity index (χ4v) is 1.88. The third-order valence-electron chi connectivity index (χ3n) is 3.40. The summed E-state index contributed by atoms with van der Waals surface area (Å²) >= 11 is 0. The van der Waals surface area contributed by atoms with Crippen LogP contribution in [0.3, 0.4) is 0 Å². The molecule has 0 spiro atoms. The lowest BCUT2D eigenvalue weighted by atomic mass is 10.1. The third-order valence-corrected chi connectivity index (χ3v) is 3.40. The largest absolute Gasteiger partial charge is 0.454 e. The number of nitrogens with one attached hydrogen (secondary N) is 2. The molecule has 8 nitrogen and oxygen atoms in total. The number of rotatable bonds is 7. The van der Waals surface area contributed by atoms with Gasteiger partial charge in [-0.1, -0.05) is 17.7 Å². The van der Waals surface area contributed by atoms with E-state index >= 15 is 0 Å². The zero-order valence-corrected chi connectivity index (χ0v) is 14.8. The highest BCUT2D eigenvalue weighted by molar-refractivity contribution is 5.97. The molecule has 1 aromatic carbocycles. The van der Waals surface area contributed by atoms with Crippen LogP contribution in [0.2, 0.25) is 0 Å². The van der Waals surface area contributed by atoms with Gasteiger partial charge in [0.25, 0.3) is 11.8 Å². The molecule has 1 aromatic rings. The molecular formula is C17H23N3O5. The van der Waals surface area contributed by atoms with Crippen LogP contribution in [-0.2, 0) is 19.1 Å². The molecule has 0 bridgehead atoms. The average molecular weight is 349 g/mol. The zero-order chi connectivity index (χ0) is 19.0. The highest BCUT2D eigenvalue weighted by Gasteiger charge is 2.20. The Morgan fingerprint density at radius 1 is 1.24 bits per heavy atom. The molecule has 0 fully saturated rings. The Morgan fingerprint density at radius 2 is 1.92 bits per heavy atom. The first-order chi connectivity index (χ1) is 11.7. The number of carbonyl (C=O) groups is 4. The molecule has 0 aromatic heterocycles. The maximum absolute atomic E-state index is 12.1. The lowest BCUT2D eigenvalue weighted by molar-refractivity contribution is -0.153. The summed E-state index contributed by atoms with van der Waals surface area (Å²) in [5.74, 6) is -1.99. The van der Waals surface area contributed by atoms with E-state index in [-0.39, 0.29) is 12.5 Å². The van der Waals surface area contributed by atoms with Crippen LogP contribution in [0.15, 0.2) is 24.3 Å². The summed E-state index contributed by atoms with van der Waals surface area (Å²) in [4.78, 5) is 48.1. The Hall–Kier alpha value is -2.90. The summed E-state index contributed by atoms with van der Waals surface area (Å²) in [6, 6.07) is 6.02. The van der Waals surface area contributed by atoms with Crippen molar-refractivity contribution in [2.75, 3.05) is 27.2 Å². The van der Waals surface area contributed by atoms with Crippen molar-refractivity contribution in [1.82, 2.24) is 15.5 Å². The van der Waals surface area contributed by atoms with Crippen molar-refractivity contribution >= 4 is 23.7 Å². The van der Waals surface area contributed by atoms with Crippen LogP contribution in [0.1, 0.15) is 22.8 Å². The highest BCUT2D eigenvalue weighted by Crippen LogP contribution is 2.04. The van der Waals surface area contributed by atoms with Gasteiger partial charge in [0.15, 0.2) is 6.61 Å². The van der Waals surface area contributed by atoms with E-state index in [0.717, 1.165) is 10.5 Å². The molecular weight excluding hydrogens is 326 g/mol. The van der Waals surface area contributed by atoms with Crippen molar-refractivity contribution in [2.24, 2.45) is 0 Å². The number of carbonyl (C=O) groups excluding carboxylic acids is 4. The van der Waals surface area contributed by atoms with Crippen LogP contribution < -0.4 is 10.6 Å². The van der Waals surface area contributed by atoms with Gasteiger partial charge in [-0.05, 0) is 26.0 Å². The number of amides is 3. The molecule has 0 radical (unpaired) electrons. The molecule has 1 atom stereocenters. The molecule has 0 aliphatic carbocycles. The van der Waals surface area contributed by atoms with Gasteiger partial charge in [0.2, 0.25) is 5.91 Å². The topological polar surface area (TPSA) is 105 Å². The van der Waals surface area contributed by atoms with E-state index in [4.69, 9.17) is 4.74 Å². The van der Waals surface area contributed by atoms with Crippen molar-refractivity contribution in [3.63, 3.8) is 0 Å². The van der Waals surface area contributed by atoms with Crippen LogP contribution in [0.25, 0.3) is 0 Å². The van der Waals surface area contributed by atoms with Gasteiger partial charge < -0.3 is 20.3 Å². The summed E-state index contributed by atoms with van der Waals surface area (Å²) in [7, 11) is 2.88. The molecule has 0 aliphatic rings. The fraction of sp³-hybridized carbons (Fsp3) is 0.412. The van der Waals surface area contributed by atoms with Gasteiger partial charge in [-0.25, -0.2) is 4.79 Å². The lowest BCUT2D eigenvalue weighted by Gasteiger charge is -2.17. The Balaban J connectivity index is 2.47. The number of esters is 1. The molecule has 136 valence electrons. The van der Waals surface area contributed by atoms with Crippen molar-refractivity contribution in [1.29, 1.82) is 0 Å². The Bertz CT molecular complexity index is 659. The Morgan fingerprint density at radius 3 is 2.52 bits per heavy atom. The number of ether oxygens (including phenoxy) is 1. The maximum atomic E-state index is 12.1. The van der Waals surface area contributed by atoms with E-state index in [1.54, 1.807) is 18.2 Å². The number of hydrogen-bond acceptors (Lipinski definition) is 5. The summed E-state index contributed by atoms with van der Waals surface area (Å²) in [6.07, 6.45) is 0. The SMILES string of the molecule is CNC(=O)CN(C)C(=O)COC(=O)[C@H](C)NC(=O)c1cccc(C)c1. The van der Waals surface area contributed by atoms with E-state index in [2.05, 4.69) is 10.6 Å². The van der Waals surface area contributed by atoms with Crippen molar-refractivity contribution in [3.05, 3.63) is 35.4 Å². The Labute approximate surface area is 146 Å². The van der Waals surface area contributed by atoms with Gasteiger partial charge in [-0.15, -0.1) is 0 Å². The molecule has 1 rings (SSSR count). The smallest absolute Gasteiger partial charge is 0.328 e. The third kappa shape index (κ3) is 6.62. The molecule has 0 unspecified atom stereocenters. The second-order valence-electron chi connectivity index (χ2n) is 5.60. The average Bonchev–Trinajstić information content (AvgIpc) is 2.58. The quantitative estimate of drug-likeness (QED) is 0.667. The van der Waals surface area contributed by atoms with Crippen LogP contribution in [0, 0.1) is 6.92 Å². The number of likely N-dealkylation sites (N-methyl/N-ethyl adjacent to an activating group) is 2. The first-order valence-electron chi connectivity index (χ1n) is 7.73. The molecule has 0 saturated carbocycles. The summed E-state index contributed by atoms with van der Waals surface area (Å²) in [6.45, 7) is 2.69. The first kappa shape index (κ1) is 20.1. The van der Waals surface area contributed by atoms with Gasteiger partial charge in [-0.3, -0.25) is 14.4 Å². The standard InChI is InChI=1S/C17H23N3O5/c1-11-6-5-7-13(8-11)16(23)19-12(2)17(24)25-10-15(22)20(4)9-14(21)18-3/h5-8,12H,9-10H2,1-4H3,(H,18,21)(H,19,23)/t12-/m0/s1. The predicted molar refractivity (Wildman–Crippen MR) is 90.8 cm³/mol. The number of aryl methyl sites for hydroxylation is 1. The molecule has 0 aliphatic heterocycles. The van der Waals surface area contributed by atoms with E-state index in [1.807, 2.05) is 13.0 Å². The molecule has 0 saturated heterocycles. The number of hydrogen-bond donors (Lipinski definition) is 2. The minimum atomic E-state index is -0.912. The molecule has 8 heteroatoms. The minimum absolute atomic E-state index is 0.132. The number of benzene rings is 1. The van der Waals surface area contributed by atoms with Crippen LogP contribution in [0.4, 0.5) is 0 Å². The van der Waals surface area contributed by atoms with Crippen molar-refractivity contribution < 1.29 is 23.9 Å². The van der Waals surface area contributed by atoms with E-state index in [1.165, 1.54) is 21.0 Å². The molecule has 3 amide bonds. The molecule has 0 heterocycles. The summed E-state index contributed by atoms with van der Waals surface area (Å²) in [5, 5.41) is 4.90. The van der Waals surface area contributed by atoms with E-state index in [0.29, 0.717) is 5.56 Å². The predicted octanol–water partition coefficient (Wildman–Crippen LogP) is -0.139. The first-order valence-corrected chi connectivity index (χ1v) is 7.73. The molecule has 2 N–H and O–H groups in total. The van der Waals surface area contributed by atoms with Gasteiger partial charge in [0, 0.05) is 19.7 Å². The van der Waals surface area contributed by atoms with Crippen molar-refractivity contribution in [3.8, 4) is 0 Å². The minimum Gasteiger partial charge on any atom is -0.454 e. The van der Waals surface area contributed by atoms with E-state index in [9.17, 15) is 19.2 Å². The second kappa shape index (κ2) is 9.41. The normalized spacial score (nSPS) is 11.2. The molecule has 25 heavy (non-hydrogen) atoms. The zero-order valence-electron chi connectivity index (χ0n) is 14.8. The number of nitrogens with zero attached hydrogens (tertiary/aromatic N) is 1. The Kier molecular flexibility index (Phi) is 7.58. The van der Waals surface area contributed by atoms with Crippen LogP contribution in [0.5, 0.6) is 0 Å². The second-order valence-corrected chi connectivity index (χ2v) is 5.60. The van der Waals surface area contributed by atoms with Gasteiger partial charge in [0.1, 0.15) is 6.04 Å². The van der Waals surface area contributed by atoms with Crippen molar-refractivity contribution in [2.45, 2.75) is 19.9 Å². The fourth-order valence-electron chi connectivity index (χ4n) is 1.88. The summed E-state index contributed by atoms with van der Waals surface area (Å²) < 4.78 is 4.89. The van der Waals surface area contributed by atoms with Gasteiger partial charge in [-0.2, -0.15) is 0 Å². The summed E-state index contributed by atoms with van der Waals surface area (Å²) in [5.41, 5.74) is 1.36. The van der Waals surface area contributed by atoms with E-state index < -0.39 is 30.4 Å². The van der Waals surface area contributed by atoms with Gasteiger partial charge in [0.05, 0.1) is 6.54 Å². The van der Waals surface area contributed by atoms with Gasteiger partial charge >= 0.3 is 5.97 Å². The lowest BCUT2D eigenvalue weighted by Crippen LogP contribution is -2.42. The maximum Gasteiger partial charge on any atom is 0.328 e. The van der Waals surface area contributed by atoms with Crippen LogP contribution in [-0.4, -0.2) is 61.9 Å². The van der Waals surface area contributed by atoms with Crippen LogP contribution >= 0.6 is 0 Å².